The van der Waals surface area contributed by atoms with Crippen molar-refractivity contribution in [1.82, 2.24) is 14.8 Å². The van der Waals surface area contributed by atoms with E-state index in [9.17, 15) is 4.39 Å². The Morgan fingerprint density at radius 2 is 1.79 bits per heavy atom. The summed E-state index contributed by atoms with van der Waals surface area (Å²) in [5.41, 5.74) is 1.04. The maximum atomic E-state index is 13.5. The van der Waals surface area contributed by atoms with Crippen LogP contribution in [0.2, 0.25) is 0 Å². The summed E-state index contributed by atoms with van der Waals surface area (Å²) >= 11 is 1.55. The zero-order valence-electron chi connectivity index (χ0n) is 13.4. The van der Waals surface area contributed by atoms with E-state index in [2.05, 4.69) is 21.7 Å². The van der Waals surface area contributed by atoms with Crippen LogP contribution < -0.4 is 4.74 Å². The van der Waals surface area contributed by atoms with Gasteiger partial charge in [0.15, 0.2) is 22.5 Å². The number of hydrogen-bond donors (Lipinski definition) is 0. The lowest BCUT2D eigenvalue weighted by atomic mass is 10.2. The van der Waals surface area contributed by atoms with Crippen LogP contribution in [0.5, 0.6) is 5.75 Å². The number of rotatable bonds is 7. The normalized spacial score (nSPS) is 10.8. The Balaban J connectivity index is 1.62. The monoisotopic (exact) mass is 343 g/mol. The molecule has 0 amide bonds. The molecule has 4 nitrogen and oxygen atoms in total. The number of thioether (sulfide) groups is 1. The molecule has 0 fully saturated rings. The maximum absolute atomic E-state index is 13.5. The van der Waals surface area contributed by atoms with E-state index in [0.29, 0.717) is 12.4 Å². The van der Waals surface area contributed by atoms with Crippen molar-refractivity contribution < 1.29 is 9.13 Å². The summed E-state index contributed by atoms with van der Waals surface area (Å²) in [5, 5.41) is 9.41. The first kappa shape index (κ1) is 16.5. The van der Waals surface area contributed by atoms with Crippen LogP contribution in [0.25, 0.3) is 11.4 Å². The Bertz CT molecular complexity index is 792. The zero-order chi connectivity index (χ0) is 16.8. The third-order valence-corrected chi connectivity index (χ3v) is 4.40. The van der Waals surface area contributed by atoms with Gasteiger partial charge in [-0.1, -0.05) is 54.2 Å². The fraction of sp³-hybridized carbons (Fsp3) is 0.222. The predicted molar refractivity (Wildman–Crippen MR) is 93.8 cm³/mol. The molecular weight excluding hydrogens is 325 g/mol. The third-order valence-electron chi connectivity index (χ3n) is 3.47. The summed E-state index contributed by atoms with van der Waals surface area (Å²) in [6.07, 6.45) is 0. The molecule has 1 heterocycles. The number of aromatic nitrogens is 3. The van der Waals surface area contributed by atoms with Gasteiger partial charge in [-0.15, -0.1) is 10.2 Å². The molecule has 24 heavy (non-hydrogen) atoms. The molecule has 0 saturated carbocycles. The number of nitrogens with zero attached hydrogens (tertiary/aromatic N) is 3. The van der Waals surface area contributed by atoms with Gasteiger partial charge in [0.2, 0.25) is 0 Å². The molecule has 3 aromatic rings. The van der Waals surface area contributed by atoms with Crippen LogP contribution in [0, 0.1) is 5.82 Å². The topological polar surface area (TPSA) is 39.9 Å². The zero-order valence-corrected chi connectivity index (χ0v) is 14.2. The molecule has 0 aliphatic carbocycles. The second-order valence-electron chi connectivity index (χ2n) is 5.04. The van der Waals surface area contributed by atoms with E-state index in [0.717, 1.165) is 23.1 Å². The fourth-order valence-corrected chi connectivity index (χ4v) is 3.15. The minimum Gasteiger partial charge on any atom is -0.490 e. The molecule has 1 aromatic heterocycles. The molecule has 0 spiro atoms. The smallest absolute Gasteiger partial charge is 0.191 e. The Morgan fingerprint density at radius 1 is 1.04 bits per heavy atom. The van der Waals surface area contributed by atoms with Crippen molar-refractivity contribution in [3.05, 3.63) is 60.4 Å². The van der Waals surface area contributed by atoms with Gasteiger partial charge in [-0.05, 0) is 19.1 Å². The van der Waals surface area contributed by atoms with E-state index >= 15 is 0 Å². The first-order chi connectivity index (χ1) is 11.8. The van der Waals surface area contributed by atoms with Gasteiger partial charge in [-0.25, -0.2) is 4.39 Å². The second-order valence-corrected chi connectivity index (χ2v) is 6.11. The molecule has 0 bridgehead atoms. The van der Waals surface area contributed by atoms with E-state index < -0.39 is 0 Å². The van der Waals surface area contributed by atoms with Gasteiger partial charge in [-0.2, -0.15) is 0 Å². The molecular formula is C18H18FN3OS. The molecule has 0 radical (unpaired) electrons. The highest BCUT2D eigenvalue weighted by Gasteiger charge is 2.12. The summed E-state index contributed by atoms with van der Waals surface area (Å²) in [6, 6.07) is 16.4. The van der Waals surface area contributed by atoms with Crippen molar-refractivity contribution in [2.45, 2.75) is 18.6 Å². The summed E-state index contributed by atoms with van der Waals surface area (Å²) < 4.78 is 21.0. The Morgan fingerprint density at radius 3 is 2.54 bits per heavy atom. The summed E-state index contributed by atoms with van der Waals surface area (Å²) in [4.78, 5) is 0. The molecule has 0 aliphatic heterocycles. The summed E-state index contributed by atoms with van der Waals surface area (Å²) in [6.45, 7) is 3.26. The van der Waals surface area contributed by atoms with Gasteiger partial charge in [0.05, 0.1) is 6.61 Å². The van der Waals surface area contributed by atoms with Gasteiger partial charge in [-0.3, -0.25) is 0 Å². The van der Waals surface area contributed by atoms with Crippen molar-refractivity contribution in [1.29, 1.82) is 0 Å². The van der Waals surface area contributed by atoms with Gasteiger partial charge in [0.25, 0.3) is 0 Å². The summed E-state index contributed by atoms with van der Waals surface area (Å²) in [7, 11) is 0. The van der Waals surface area contributed by atoms with Gasteiger partial charge in [0.1, 0.15) is 0 Å². The average Bonchev–Trinajstić information content (AvgIpc) is 3.04. The highest BCUT2D eigenvalue weighted by atomic mass is 32.2. The predicted octanol–water partition coefficient (Wildman–Crippen LogP) is 4.28. The molecule has 6 heteroatoms. The highest BCUT2D eigenvalue weighted by Crippen LogP contribution is 2.24. The first-order valence-electron chi connectivity index (χ1n) is 7.78. The number of hydrogen-bond acceptors (Lipinski definition) is 4. The van der Waals surface area contributed by atoms with Crippen LogP contribution in [0.4, 0.5) is 4.39 Å². The largest absolute Gasteiger partial charge is 0.490 e. The Kier molecular flexibility index (Phi) is 5.48. The second kappa shape index (κ2) is 7.97. The van der Waals surface area contributed by atoms with Crippen LogP contribution in [-0.2, 0) is 6.54 Å². The number of ether oxygens (including phenoxy) is 1. The van der Waals surface area contributed by atoms with Crippen molar-refractivity contribution >= 4 is 11.8 Å². The van der Waals surface area contributed by atoms with Crippen LogP contribution >= 0.6 is 11.8 Å². The van der Waals surface area contributed by atoms with Crippen molar-refractivity contribution in [2.75, 3.05) is 12.4 Å². The SMILES string of the molecule is CCn1c(SCCOc2ccccc2F)nnc1-c1ccccc1. The lowest BCUT2D eigenvalue weighted by Crippen LogP contribution is -2.04. The summed E-state index contributed by atoms with van der Waals surface area (Å²) in [5.74, 6) is 1.46. The quantitative estimate of drug-likeness (QED) is 0.474. The molecule has 124 valence electrons. The Hall–Kier alpha value is -2.34. The molecule has 0 atom stereocenters. The lowest BCUT2D eigenvalue weighted by molar-refractivity contribution is 0.325. The van der Waals surface area contributed by atoms with Crippen molar-refractivity contribution in [2.24, 2.45) is 0 Å². The average molecular weight is 343 g/mol. The van der Waals surface area contributed by atoms with Gasteiger partial charge in [0, 0.05) is 17.9 Å². The maximum Gasteiger partial charge on any atom is 0.191 e. The van der Waals surface area contributed by atoms with Crippen LogP contribution in [0.15, 0.2) is 59.8 Å². The van der Waals surface area contributed by atoms with Crippen molar-refractivity contribution in [3.63, 3.8) is 0 Å². The molecule has 0 aliphatic rings. The van der Waals surface area contributed by atoms with E-state index in [1.807, 2.05) is 30.3 Å². The highest BCUT2D eigenvalue weighted by molar-refractivity contribution is 7.99. The van der Waals surface area contributed by atoms with Crippen molar-refractivity contribution in [3.8, 4) is 17.1 Å². The molecule has 0 saturated heterocycles. The molecule has 3 rings (SSSR count). The molecule has 0 unspecified atom stereocenters. The van der Waals surface area contributed by atoms with E-state index in [1.165, 1.54) is 6.07 Å². The standard InChI is InChI=1S/C18H18FN3OS/c1-2-22-17(14-8-4-3-5-9-14)20-21-18(22)24-13-12-23-16-11-7-6-10-15(16)19/h3-11H,2,12-13H2,1H3. The Labute approximate surface area is 144 Å². The molecule has 0 N–H and O–H groups in total. The number of para-hydroxylation sites is 1. The van der Waals surface area contributed by atoms with E-state index in [4.69, 9.17) is 4.74 Å². The van der Waals surface area contributed by atoms with E-state index in [1.54, 1.807) is 30.0 Å². The third kappa shape index (κ3) is 3.76. The first-order valence-corrected chi connectivity index (χ1v) is 8.77. The van der Waals surface area contributed by atoms with Crippen LogP contribution in [0.3, 0.4) is 0 Å². The van der Waals surface area contributed by atoms with Gasteiger partial charge >= 0.3 is 0 Å². The minimum absolute atomic E-state index is 0.278. The number of halogens is 1. The van der Waals surface area contributed by atoms with Crippen LogP contribution in [-0.4, -0.2) is 27.1 Å². The lowest BCUT2D eigenvalue weighted by Gasteiger charge is -2.08. The van der Waals surface area contributed by atoms with Gasteiger partial charge < -0.3 is 9.30 Å². The number of benzene rings is 2. The molecule has 2 aromatic carbocycles. The van der Waals surface area contributed by atoms with Crippen LogP contribution in [0.1, 0.15) is 6.92 Å². The minimum atomic E-state index is -0.342. The van der Waals surface area contributed by atoms with E-state index in [-0.39, 0.29) is 11.6 Å². The fourth-order valence-electron chi connectivity index (χ4n) is 2.33.